The topological polar surface area (TPSA) is 133 Å². The number of imidazole rings is 1. The summed E-state index contributed by atoms with van der Waals surface area (Å²) in [7, 11) is 0. The van der Waals surface area contributed by atoms with E-state index < -0.39 is 17.3 Å². The minimum atomic E-state index is -0.749. The molecule has 1 aromatic carbocycles. The Labute approximate surface area is 223 Å². The number of anilines is 2. The van der Waals surface area contributed by atoms with Gasteiger partial charge in [0.05, 0.1) is 11.9 Å². The van der Waals surface area contributed by atoms with Crippen molar-refractivity contribution in [2.45, 2.75) is 19.8 Å². The number of aryl methyl sites for hydroxylation is 1. The lowest BCUT2D eigenvalue weighted by atomic mass is 10.2. The first-order chi connectivity index (χ1) is 18.8. The van der Waals surface area contributed by atoms with Crippen molar-refractivity contribution in [1.82, 2.24) is 24.1 Å². The first-order valence-corrected chi connectivity index (χ1v) is 12.8. The summed E-state index contributed by atoms with van der Waals surface area (Å²) >= 11 is 1.28. The van der Waals surface area contributed by atoms with Gasteiger partial charge < -0.3 is 15.4 Å². The Bertz CT molecular complexity index is 1810. The molecule has 1 aliphatic carbocycles. The van der Waals surface area contributed by atoms with Crippen molar-refractivity contribution in [3.05, 3.63) is 87.7 Å². The molecule has 1 fully saturated rings. The van der Waals surface area contributed by atoms with Crippen molar-refractivity contribution >= 4 is 40.3 Å². The van der Waals surface area contributed by atoms with Gasteiger partial charge in [-0.2, -0.15) is 0 Å². The lowest BCUT2D eigenvalue weighted by Gasteiger charge is -2.09. The van der Waals surface area contributed by atoms with E-state index in [1.165, 1.54) is 50.9 Å². The van der Waals surface area contributed by atoms with Crippen LogP contribution in [-0.2, 0) is 4.79 Å². The number of hydrogen-bond donors (Lipinski definition) is 2. The van der Waals surface area contributed by atoms with Crippen molar-refractivity contribution in [1.29, 1.82) is 0 Å². The highest BCUT2D eigenvalue weighted by atomic mass is 32.1. The summed E-state index contributed by atoms with van der Waals surface area (Å²) < 4.78 is 23.2. The summed E-state index contributed by atoms with van der Waals surface area (Å²) in [5.74, 6) is -1.13. The Balaban J connectivity index is 1.16. The Morgan fingerprint density at radius 3 is 2.72 bits per heavy atom. The van der Waals surface area contributed by atoms with Gasteiger partial charge in [-0.05, 0) is 50.1 Å². The Hall–Kier alpha value is -4.91. The highest BCUT2D eigenvalue weighted by molar-refractivity contribution is 7.12. The fraction of sp³-hybridized carbons (Fsp3) is 0.154. The van der Waals surface area contributed by atoms with Gasteiger partial charge in [-0.1, -0.05) is 0 Å². The maximum Gasteiger partial charge on any atom is 0.269 e. The van der Waals surface area contributed by atoms with E-state index in [0.717, 1.165) is 24.6 Å². The molecule has 0 aliphatic heterocycles. The number of rotatable bonds is 7. The van der Waals surface area contributed by atoms with Crippen molar-refractivity contribution in [3.63, 3.8) is 0 Å². The average molecular weight is 546 g/mol. The number of amides is 2. The minimum absolute atomic E-state index is 0.0386. The molecule has 0 spiro atoms. The van der Waals surface area contributed by atoms with E-state index >= 15 is 0 Å². The van der Waals surface area contributed by atoms with Crippen LogP contribution < -0.4 is 20.9 Å². The number of aromatic nitrogens is 5. The zero-order valence-electron chi connectivity index (χ0n) is 20.4. The van der Waals surface area contributed by atoms with Crippen LogP contribution in [0.25, 0.3) is 10.8 Å². The van der Waals surface area contributed by atoms with E-state index in [1.54, 1.807) is 23.7 Å². The molecule has 0 atom stereocenters. The average Bonchev–Trinajstić information content (AvgIpc) is 3.56. The number of benzene rings is 1. The number of ether oxygens (including phenoxy) is 1. The molecule has 39 heavy (non-hydrogen) atoms. The standard InChI is InChI=1S/C26H20FN7O4S/c1-14-13-39-26(28-14)33-10-2-3-17(25(33)37)24(36)29-16-6-7-19(18(27)11-16)38-22-9-8-21-30-20(12-34(21)32-22)31-23(35)15-4-5-15/h2-3,6-13,15H,4-5H2,1H3,(H,29,36)(H,31,35). The SMILES string of the molecule is Cc1csc(-n2cccc(C(=O)Nc3ccc(Oc4ccc5nc(NC(=O)C6CC6)cn5n4)c(F)c3)c2=O)n1. The molecule has 2 amide bonds. The maximum absolute atomic E-state index is 14.9. The second kappa shape index (κ2) is 9.76. The number of pyridine rings is 1. The molecule has 13 heteroatoms. The first-order valence-electron chi connectivity index (χ1n) is 11.9. The molecule has 0 bridgehead atoms. The van der Waals surface area contributed by atoms with E-state index in [-0.39, 0.29) is 34.7 Å². The zero-order valence-corrected chi connectivity index (χ0v) is 21.2. The fourth-order valence-corrected chi connectivity index (χ4v) is 4.58. The van der Waals surface area contributed by atoms with Gasteiger partial charge in [0.2, 0.25) is 11.8 Å². The third kappa shape index (κ3) is 5.11. The first kappa shape index (κ1) is 24.4. The van der Waals surface area contributed by atoms with Gasteiger partial charge in [0.15, 0.2) is 28.2 Å². The van der Waals surface area contributed by atoms with Crippen molar-refractivity contribution in [3.8, 4) is 16.8 Å². The predicted molar refractivity (Wildman–Crippen MR) is 141 cm³/mol. The molecule has 1 saturated carbocycles. The quantitative estimate of drug-likeness (QED) is 0.314. The van der Waals surface area contributed by atoms with E-state index in [2.05, 4.69) is 25.7 Å². The number of nitrogens with one attached hydrogen (secondary N) is 2. The molecule has 196 valence electrons. The van der Waals surface area contributed by atoms with Crippen LogP contribution >= 0.6 is 11.3 Å². The molecule has 0 unspecified atom stereocenters. The van der Waals surface area contributed by atoms with Gasteiger partial charge in [0.1, 0.15) is 5.56 Å². The zero-order chi connectivity index (χ0) is 27.1. The van der Waals surface area contributed by atoms with Gasteiger partial charge in [-0.15, -0.1) is 16.4 Å². The Morgan fingerprint density at radius 2 is 1.97 bits per heavy atom. The number of halogens is 1. The van der Waals surface area contributed by atoms with Gasteiger partial charge in [0, 0.05) is 35.3 Å². The van der Waals surface area contributed by atoms with Gasteiger partial charge >= 0.3 is 0 Å². The van der Waals surface area contributed by atoms with E-state index in [1.807, 2.05) is 6.92 Å². The highest BCUT2D eigenvalue weighted by Gasteiger charge is 2.30. The fourth-order valence-electron chi connectivity index (χ4n) is 3.80. The van der Waals surface area contributed by atoms with Crippen LogP contribution in [-0.4, -0.2) is 36.0 Å². The smallest absolute Gasteiger partial charge is 0.269 e. The number of nitrogens with zero attached hydrogens (tertiary/aromatic N) is 5. The van der Waals surface area contributed by atoms with Crippen molar-refractivity contribution in [2.24, 2.45) is 5.92 Å². The number of carbonyl (C=O) groups is 2. The summed E-state index contributed by atoms with van der Waals surface area (Å²) in [6, 6.07) is 9.98. The van der Waals surface area contributed by atoms with Gasteiger partial charge in [-0.25, -0.2) is 18.9 Å². The van der Waals surface area contributed by atoms with Crippen LogP contribution in [0.3, 0.4) is 0 Å². The summed E-state index contributed by atoms with van der Waals surface area (Å²) in [5, 5.41) is 11.8. The second-order valence-corrected chi connectivity index (χ2v) is 9.77. The molecule has 5 aromatic rings. The molecule has 1 aliphatic rings. The molecular formula is C26H20FN7O4S. The maximum atomic E-state index is 14.9. The molecule has 0 saturated heterocycles. The third-order valence-electron chi connectivity index (χ3n) is 5.90. The summed E-state index contributed by atoms with van der Waals surface area (Å²) in [5.41, 5.74) is 0.727. The van der Waals surface area contributed by atoms with Crippen LogP contribution in [0.2, 0.25) is 0 Å². The molecule has 11 nitrogen and oxygen atoms in total. The van der Waals surface area contributed by atoms with E-state index in [9.17, 15) is 18.8 Å². The lowest BCUT2D eigenvalue weighted by Crippen LogP contribution is -2.27. The lowest BCUT2D eigenvalue weighted by molar-refractivity contribution is -0.117. The normalized spacial score (nSPS) is 12.9. The Kier molecular flexibility index (Phi) is 6.11. The summed E-state index contributed by atoms with van der Waals surface area (Å²) in [6.45, 7) is 1.81. The van der Waals surface area contributed by atoms with Crippen LogP contribution in [0.4, 0.5) is 15.9 Å². The minimum Gasteiger partial charge on any atom is -0.434 e. The Morgan fingerprint density at radius 1 is 1.13 bits per heavy atom. The molecule has 4 heterocycles. The molecule has 0 radical (unpaired) electrons. The monoisotopic (exact) mass is 545 g/mol. The number of carbonyl (C=O) groups excluding carboxylic acids is 2. The van der Waals surface area contributed by atoms with Crippen LogP contribution in [0, 0.1) is 18.7 Å². The van der Waals surface area contributed by atoms with Gasteiger partial charge in [0.25, 0.3) is 11.5 Å². The molecule has 6 rings (SSSR count). The third-order valence-corrected chi connectivity index (χ3v) is 6.86. The van der Waals surface area contributed by atoms with Crippen LogP contribution in [0.1, 0.15) is 28.9 Å². The van der Waals surface area contributed by atoms with E-state index in [4.69, 9.17) is 4.74 Å². The largest absolute Gasteiger partial charge is 0.434 e. The number of thiazole rings is 1. The van der Waals surface area contributed by atoms with Crippen molar-refractivity contribution in [2.75, 3.05) is 10.6 Å². The van der Waals surface area contributed by atoms with Gasteiger partial charge in [-0.3, -0.25) is 19.0 Å². The van der Waals surface area contributed by atoms with E-state index in [0.29, 0.717) is 16.6 Å². The molecule has 4 aromatic heterocycles. The highest BCUT2D eigenvalue weighted by Crippen LogP contribution is 2.30. The number of fused-ring (bicyclic) bond motifs is 1. The second-order valence-electron chi connectivity index (χ2n) is 8.93. The summed E-state index contributed by atoms with van der Waals surface area (Å²) in [4.78, 5) is 46.2. The summed E-state index contributed by atoms with van der Waals surface area (Å²) in [6.07, 6.45) is 4.83. The van der Waals surface area contributed by atoms with Crippen LogP contribution in [0.15, 0.2) is 65.0 Å². The van der Waals surface area contributed by atoms with Crippen LogP contribution in [0.5, 0.6) is 11.6 Å². The molecular weight excluding hydrogens is 525 g/mol. The van der Waals surface area contributed by atoms with Crippen molar-refractivity contribution < 1.29 is 18.7 Å². The number of hydrogen-bond acceptors (Lipinski definition) is 8. The molecule has 2 N–H and O–H groups in total. The predicted octanol–water partition coefficient (Wildman–Crippen LogP) is 4.18.